The minimum atomic E-state index is 0.0527. The standard InChI is InChI=1S/C20H22O3/c1-3-4-5-16(9-6-15-7-10-17(21)11-8-15)19-14-18(23-2)12-13-20(19)22/h3-5,7-8,10-14,16,21-22H,1,6,9H2,2H3/b5-4+. The molecule has 23 heavy (non-hydrogen) atoms. The van der Waals surface area contributed by atoms with Crippen molar-refractivity contribution in [2.75, 3.05) is 7.11 Å². The molecule has 120 valence electrons. The van der Waals surface area contributed by atoms with Crippen molar-refractivity contribution >= 4 is 0 Å². The van der Waals surface area contributed by atoms with Crippen LogP contribution in [0.2, 0.25) is 0 Å². The Morgan fingerprint density at radius 2 is 1.87 bits per heavy atom. The number of benzene rings is 2. The first-order chi connectivity index (χ1) is 11.1. The number of aromatic hydroxyl groups is 2. The molecule has 0 aliphatic heterocycles. The van der Waals surface area contributed by atoms with Crippen molar-refractivity contribution in [3.8, 4) is 17.2 Å². The number of methoxy groups -OCH3 is 1. The zero-order valence-electron chi connectivity index (χ0n) is 13.3. The fourth-order valence-corrected chi connectivity index (χ4v) is 2.51. The molecule has 3 nitrogen and oxygen atoms in total. The number of ether oxygens (including phenoxy) is 1. The van der Waals surface area contributed by atoms with Gasteiger partial charge in [-0.15, -0.1) is 0 Å². The molecule has 0 spiro atoms. The summed E-state index contributed by atoms with van der Waals surface area (Å²) in [6, 6.07) is 12.5. The normalized spacial score (nSPS) is 12.2. The van der Waals surface area contributed by atoms with Crippen LogP contribution in [0.4, 0.5) is 0 Å². The molecule has 0 amide bonds. The van der Waals surface area contributed by atoms with Crippen molar-refractivity contribution in [1.82, 2.24) is 0 Å². The van der Waals surface area contributed by atoms with E-state index < -0.39 is 0 Å². The third-order valence-corrected chi connectivity index (χ3v) is 3.79. The average molecular weight is 310 g/mol. The lowest BCUT2D eigenvalue weighted by Crippen LogP contribution is -1.99. The summed E-state index contributed by atoms with van der Waals surface area (Å²) in [7, 11) is 1.61. The minimum absolute atomic E-state index is 0.0527. The molecule has 0 heterocycles. The molecule has 2 N–H and O–H groups in total. The molecule has 2 rings (SSSR count). The molecule has 2 aromatic carbocycles. The number of rotatable bonds is 7. The van der Waals surface area contributed by atoms with E-state index in [9.17, 15) is 10.2 Å². The smallest absolute Gasteiger partial charge is 0.119 e. The predicted octanol–water partition coefficient (Wildman–Crippen LogP) is 4.57. The Bertz CT molecular complexity index is 672. The Morgan fingerprint density at radius 3 is 2.52 bits per heavy atom. The quantitative estimate of drug-likeness (QED) is 0.737. The zero-order chi connectivity index (χ0) is 16.7. The third-order valence-electron chi connectivity index (χ3n) is 3.79. The van der Waals surface area contributed by atoms with Gasteiger partial charge in [0.1, 0.15) is 17.2 Å². The summed E-state index contributed by atoms with van der Waals surface area (Å²) in [5, 5.41) is 19.5. The summed E-state index contributed by atoms with van der Waals surface area (Å²) >= 11 is 0. The van der Waals surface area contributed by atoms with Crippen LogP contribution in [-0.4, -0.2) is 17.3 Å². The van der Waals surface area contributed by atoms with Crippen LogP contribution in [0.3, 0.4) is 0 Å². The molecule has 0 aromatic heterocycles. The van der Waals surface area contributed by atoms with E-state index in [-0.39, 0.29) is 17.4 Å². The van der Waals surface area contributed by atoms with Crippen molar-refractivity contribution in [1.29, 1.82) is 0 Å². The maximum Gasteiger partial charge on any atom is 0.119 e. The Kier molecular flexibility index (Phi) is 5.87. The second-order valence-corrected chi connectivity index (χ2v) is 5.36. The Morgan fingerprint density at radius 1 is 1.13 bits per heavy atom. The first kappa shape index (κ1) is 16.7. The van der Waals surface area contributed by atoms with Gasteiger partial charge in [-0.05, 0) is 48.7 Å². The monoisotopic (exact) mass is 310 g/mol. The molecule has 0 radical (unpaired) electrons. The van der Waals surface area contributed by atoms with Gasteiger partial charge < -0.3 is 14.9 Å². The molecule has 0 aliphatic rings. The molecule has 0 saturated carbocycles. The molecular weight excluding hydrogens is 288 g/mol. The summed E-state index contributed by atoms with van der Waals surface area (Å²) in [4.78, 5) is 0. The van der Waals surface area contributed by atoms with Gasteiger partial charge in [-0.3, -0.25) is 0 Å². The minimum Gasteiger partial charge on any atom is -0.508 e. The summed E-state index contributed by atoms with van der Waals surface area (Å²) < 4.78 is 5.26. The van der Waals surface area contributed by atoms with E-state index in [0.717, 1.165) is 29.7 Å². The second kappa shape index (κ2) is 8.08. The zero-order valence-corrected chi connectivity index (χ0v) is 13.3. The van der Waals surface area contributed by atoms with Crippen molar-refractivity contribution < 1.29 is 14.9 Å². The molecule has 1 unspecified atom stereocenters. The van der Waals surface area contributed by atoms with E-state index in [0.29, 0.717) is 0 Å². The number of allylic oxidation sites excluding steroid dienone is 3. The van der Waals surface area contributed by atoms with Gasteiger partial charge in [0.25, 0.3) is 0 Å². The van der Waals surface area contributed by atoms with Crippen LogP contribution in [0.5, 0.6) is 17.2 Å². The van der Waals surface area contributed by atoms with Crippen LogP contribution < -0.4 is 4.74 Å². The average Bonchev–Trinajstić information content (AvgIpc) is 2.57. The summed E-state index contributed by atoms with van der Waals surface area (Å²) in [6.45, 7) is 3.71. The number of phenols is 2. The Hall–Kier alpha value is -2.68. The lowest BCUT2D eigenvalue weighted by molar-refractivity contribution is 0.410. The van der Waals surface area contributed by atoms with Crippen LogP contribution in [-0.2, 0) is 6.42 Å². The highest BCUT2D eigenvalue weighted by atomic mass is 16.5. The van der Waals surface area contributed by atoms with Crippen LogP contribution in [0.25, 0.3) is 0 Å². The molecule has 2 aromatic rings. The van der Waals surface area contributed by atoms with Crippen molar-refractivity contribution in [3.63, 3.8) is 0 Å². The molecule has 3 heteroatoms. The largest absolute Gasteiger partial charge is 0.508 e. The maximum atomic E-state index is 10.2. The number of aryl methyl sites for hydroxylation is 1. The molecular formula is C20H22O3. The van der Waals surface area contributed by atoms with Gasteiger partial charge in [0.2, 0.25) is 0 Å². The van der Waals surface area contributed by atoms with Crippen LogP contribution >= 0.6 is 0 Å². The molecule has 1 atom stereocenters. The molecule has 0 aliphatic carbocycles. The third kappa shape index (κ3) is 4.65. The first-order valence-corrected chi connectivity index (χ1v) is 7.58. The second-order valence-electron chi connectivity index (χ2n) is 5.36. The SMILES string of the molecule is C=C/C=C/C(CCc1ccc(O)cc1)c1cc(OC)ccc1O. The van der Waals surface area contributed by atoms with Gasteiger partial charge in [0, 0.05) is 11.5 Å². The summed E-state index contributed by atoms with van der Waals surface area (Å²) in [5.41, 5.74) is 1.98. The molecule has 0 bridgehead atoms. The highest BCUT2D eigenvalue weighted by Crippen LogP contribution is 2.33. The van der Waals surface area contributed by atoms with E-state index >= 15 is 0 Å². The van der Waals surface area contributed by atoms with E-state index in [4.69, 9.17) is 4.74 Å². The van der Waals surface area contributed by atoms with Crippen LogP contribution in [0.15, 0.2) is 67.3 Å². The topological polar surface area (TPSA) is 49.7 Å². The van der Waals surface area contributed by atoms with E-state index in [2.05, 4.69) is 6.58 Å². The summed E-state index contributed by atoms with van der Waals surface area (Å²) in [5.74, 6) is 1.30. The van der Waals surface area contributed by atoms with Crippen molar-refractivity contribution in [2.24, 2.45) is 0 Å². The fraction of sp³-hybridized carbons (Fsp3) is 0.200. The highest BCUT2D eigenvalue weighted by molar-refractivity contribution is 5.43. The predicted molar refractivity (Wildman–Crippen MR) is 93.2 cm³/mol. The van der Waals surface area contributed by atoms with Gasteiger partial charge in [-0.25, -0.2) is 0 Å². The van der Waals surface area contributed by atoms with Crippen molar-refractivity contribution in [2.45, 2.75) is 18.8 Å². The van der Waals surface area contributed by atoms with E-state index in [1.54, 1.807) is 37.5 Å². The van der Waals surface area contributed by atoms with Gasteiger partial charge in [0.15, 0.2) is 0 Å². The first-order valence-electron chi connectivity index (χ1n) is 7.58. The molecule has 0 saturated heterocycles. The van der Waals surface area contributed by atoms with Crippen LogP contribution in [0.1, 0.15) is 23.5 Å². The van der Waals surface area contributed by atoms with Gasteiger partial charge in [0.05, 0.1) is 7.11 Å². The van der Waals surface area contributed by atoms with Gasteiger partial charge in [-0.1, -0.05) is 36.9 Å². The summed E-state index contributed by atoms with van der Waals surface area (Å²) in [6.07, 6.45) is 7.31. The molecule has 0 fully saturated rings. The Balaban J connectivity index is 2.21. The van der Waals surface area contributed by atoms with Gasteiger partial charge in [-0.2, -0.15) is 0 Å². The van der Waals surface area contributed by atoms with Crippen molar-refractivity contribution in [3.05, 3.63) is 78.4 Å². The number of phenolic OH excluding ortho intramolecular Hbond substituents is 2. The lowest BCUT2D eigenvalue weighted by Gasteiger charge is -2.16. The van der Waals surface area contributed by atoms with E-state index in [1.807, 2.05) is 30.4 Å². The maximum absolute atomic E-state index is 10.2. The Labute approximate surface area is 137 Å². The van der Waals surface area contributed by atoms with Crippen LogP contribution in [0, 0.1) is 0 Å². The number of hydrogen-bond acceptors (Lipinski definition) is 3. The van der Waals surface area contributed by atoms with E-state index in [1.165, 1.54) is 0 Å². The lowest BCUT2D eigenvalue weighted by atomic mass is 9.91. The number of hydrogen-bond donors (Lipinski definition) is 2. The highest BCUT2D eigenvalue weighted by Gasteiger charge is 2.14. The van der Waals surface area contributed by atoms with Gasteiger partial charge >= 0.3 is 0 Å². The fourth-order valence-electron chi connectivity index (χ4n) is 2.51.